The zero-order valence-corrected chi connectivity index (χ0v) is 6.17. The van der Waals surface area contributed by atoms with Gasteiger partial charge in [0.2, 0.25) is 0 Å². The minimum Gasteiger partial charge on any atom is -0.392 e. The highest BCUT2D eigenvalue weighted by molar-refractivity contribution is 5.14. The molecule has 0 saturated heterocycles. The molecule has 60 valence electrons. The van der Waals surface area contributed by atoms with Crippen LogP contribution < -0.4 is 0 Å². The first-order chi connectivity index (χ1) is 4.79. The zero-order chi connectivity index (χ0) is 7.98. The molecule has 0 unspecified atom stereocenters. The summed E-state index contributed by atoms with van der Waals surface area (Å²) in [4.78, 5) is 0. The van der Waals surface area contributed by atoms with Crippen LogP contribution in [0.15, 0.2) is 11.1 Å². The molecule has 0 radical (unpaired) electrons. The summed E-state index contributed by atoms with van der Waals surface area (Å²) in [6, 6.07) is 0. The summed E-state index contributed by atoms with van der Waals surface area (Å²) in [5.74, 6) is 0. The van der Waals surface area contributed by atoms with Crippen LogP contribution in [0.4, 0.5) is 0 Å². The second kappa shape index (κ2) is 5.41. The van der Waals surface area contributed by atoms with Gasteiger partial charge in [-0.25, -0.2) is 0 Å². The second-order valence-corrected chi connectivity index (χ2v) is 2.04. The minimum atomic E-state index is -0.166. The van der Waals surface area contributed by atoms with Crippen LogP contribution in [0.5, 0.6) is 0 Å². The maximum atomic E-state index is 8.68. The van der Waals surface area contributed by atoms with Gasteiger partial charge >= 0.3 is 0 Å². The molecule has 3 N–H and O–H groups in total. The quantitative estimate of drug-likeness (QED) is 0.476. The Hall–Kier alpha value is -0.380. The molecular weight excluding hydrogens is 132 g/mol. The molecule has 10 heavy (non-hydrogen) atoms. The molecule has 0 atom stereocenters. The van der Waals surface area contributed by atoms with Crippen LogP contribution >= 0.6 is 0 Å². The van der Waals surface area contributed by atoms with E-state index in [0.717, 1.165) is 5.57 Å². The van der Waals surface area contributed by atoms with E-state index < -0.39 is 0 Å². The molecule has 0 aromatic carbocycles. The first kappa shape index (κ1) is 9.62. The minimum absolute atomic E-state index is 0.0764. The fraction of sp³-hybridized carbons (Fsp3) is 0.714. The maximum Gasteiger partial charge on any atom is 0.0667 e. The third-order valence-corrected chi connectivity index (χ3v) is 1.50. The van der Waals surface area contributed by atoms with Gasteiger partial charge in [-0.3, -0.25) is 0 Å². The lowest BCUT2D eigenvalue weighted by Crippen LogP contribution is -2.04. The molecule has 0 fully saturated rings. The highest BCUT2D eigenvalue weighted by Gasteiger charge is 2.00. The lowest BCUT2D eigenvalue weighted by molar-refractivity contribution is 0.265. The SMILES string of the molecule is CCC(CO)=C(CO)CO. The Bertz CT molecular complexity index is 92.0. The van der Waals surface area contributed by atoms with Gasteiger partial charge in [-0.15, -0.1) is 0 Å². The smallest absolute Gasteiger partial charge is 0.0667 e. The van der Waals surface area contributed by atoms with E-state index in [-0.39, 0.29) is 19.8 Å². The molecular formula is C7H14O3. The van der Waals surface area contributed by atoms with Crippen molar-refractivity contribution in [2.45, 2.75) is 13.3 Å². The second-order valence-electron chi connectivity index (χ2n) is 2.04. The van der Waals surface area contributed by atoms with Crippen molar-refractivity contribution < 1.29 is 15.3 Å². The van der Waals surface area contributed by atoms with Crippen LogP contribution in [-0.2, 0) is 0 Å². The van der Waals surface area contributed by atoms with Crippen LogP contribution in [0.25, 0.3) is 0 Å². The van der Waals surface area contributed by atoms with E-state index in [1.165, 1.54) is 0 Å². The lowest BCUT2D eigenvalue weighted by atomic mass is 10.1. The molecule has 0 aromatic heterocycles. The fourth-order valence-corrected chi connectivity index (χ4v) is 0.747. The third-order valence-electron chi connectivity index (χ3n) is 1.50. The largest absolute Gasteiger partial charge is 0.392 e. The van der Waals surface area contributed by atoms with E-state index in [1.54, 1.807) is 0 Å². The van der Waals surface area contributed by atoms with Crippen molar-refractivity contribution in [1.82, 2.24) is 0 Å². The van der Waals surface area contributed by atoms with Crippen LogP contribution in [-0.4, -0.2) is 35.1 Å². The van der Waals surface area contributed by atoms with Gasteiger partial charge in [-0.05, 0) is 17.6 Å². The Morgan fingerprint density at radius 3 is 1.40 bits per heavy atom. The van der Waals surface area contributed by atoms with E-state index in [2.05, 4.69) is 0 Å². The lowest BCUT2D eigenvalue weighted by Gasteiger charge is -2.05. The molecule has 0 heterocycles. The van der Waals surface area contributed by atoms with E-state index in [4.69, 9.17) is 15.3 Å². The highest BCUT2D eigenvalue weighted by Crippen LogP contribution is 2.06. The Balaban J connectivity index is 4.20. The topological polar surface area (TPSA) is 60.7 Å². The van der Waals surface area contributed by atoms with Crippen LogP contribution in [0.1, 0.15) is 13.3 Å². The molecule has 0 rings (SSSR count). The molecule has 0 aromatic rings. The van der Waals surface area contributed by atoms with Crippen molar-refractivity contribution >= 4 is 0 Å². The number of aliphatic hydroxyl groups excluding tert-OH is 3. The Kier molecular flexibility index (Phi) is 5.20. The molecule has 0 bridgehead atoms. The predicted octanol–water partition coefficient (Wildman–Crippen LogP) is -0.330. The third kappa shape index (κ3) is 2.47. The molecule has 0 amide bonds. The normalized spacial score (nSPS) is 9.60. The summed E-state index contributed by atoms with van der Waals surface area (Å²) < 4.78 is 0. The van der Waals surface area contributed by atoms with Crippen molar-refractivity contribution in [3.8, 4) is 0 Å². The predicted molar refractivity (Wildman–Crippen MR) is 38.6 cm³/mol. The Morgan fingerprint density at radius 2 is 1.30 bits per heavy atom. The van der Waals surface area contributed by atoms with Crippen LogP contribution in [0.2, 0.25) is 0 Å². The maximum absolute atomic E-state index is 8.68. The standard InChI is InChI=1S/C7H14O3/c1-2-6(3-8)7(4-9)5-10/h8-10H,2-5H2,1H3. The number of aliphatic hydroxyl groups is 3. The summed E-state index contributed by atoms with van der Waals surface area (Å²) >= 11 is 0. The summed E-state index contributed by atoms with van der Waals surface area (Å²) in [5, 5.41) is 25.9. The monoisotopic (exact) mass is 146 g/mol. The first-order valence-electron chi connectivity index (χ1n) is 3.32. The van der Waals surface area contributed by atoms with Crippen molar-refractivity contribution in [3.63, 3.8) is 0 Å². The van der Waals surface area contributed by atoms with Gasteiger partial charge in [0.05, 0.1) is 19.8 Å². The zero-order valence-electron chi connectivity index (χ0n) is 6.17. The van der Waals surface area contributed by atoms with Crippen LogP contribution in [0.3, 0.4) is 0 Å². The van der Waals surface area contributed by atoms with Gasteiger partial charge in [0.25, 0.3) is 0 Å². The summed E-state index contributed by atoms with van der Waals surface area (Å²) in [7, 11) is 0. The Labute approximate surface area is 60.6 Å². The van der Waals surface area contributed by atoms with Crippen molar-refractivity contribution in [2.75, 3.05) is 19.8 Å². The van der Waals surface area contributed by atoms with E-state index in [9.17, 15) is 0 Å². The molecule has 3 heteroatoms. The fourth-order valence-electron chi connectivity index (χ4n) is 0.747. The van der Waals surface area contributed by atoms with Gasteiger partial charge in [-0.1, -0.05) is 6.92 Å². The van der Waals surface area contributed by atoms with Gasteiger partial charge in [-0.2, -0.15) is 0 Å². The van der Waals surface area contributed by atoms with E-state index in [0.29, 0.717) is 12.0 Å². The molecule has 0 aliphatic heterocycles. The van der Waals surface area contributed by atoms with E-state index in [1.807, 2.05) is 6.92 Å². The molecule has 3 nitrogen and oxygen atoms in total. The van der Waals surface area contributed by atoms with Crippen LogP contribution in [0, 0.1) is 0 Å². The molecule has 0 aliphatic carbocycles. The van der Waals surface area contributed by atoms with Gasteiger partial charge in [0.15, 0.2) is 0 Å². The van der Waals surface area contributed by atoms with Gasteiger partial charge in [0.1, 0.15) is 0 Å². The molecule has 0 spiro atoms. The summed E-state index contributed by atoms with van der Waals surface area (Å²) in [6.07, 6.45) is 0.674. The summed E-state index contributed by atoms with van der Waals surface area (Å²) in [6.45, 7) is 1.46. The number of hydrogen-bond acceptors (Lipinski definition) is 3. The average Bonchev–Trinajstić information content (AvgIpc) is 2.00. The summed E-state index contributed by atoms with van der Waals surface area (Å²) in [5.41, 5.74) is 1.26. The van der Waals surface area contributed by atoms with Crippen molar-refractivity contribution in [1.29, 1.82) is 0 Å². The van der Waals surface area contributed by atoms with Crippen molar-refractivity contribution in [3.05, 3.63) is 11.1 Å². The van der Waals surface area contributed by atoms with Gasteiger partial charge in [0, 0.05) is 0 Å². The number of hydrogen-bond donors (Lipinski definition) is 3. The first-order valence-corrected chi connectivity index (χ1v) is 3.32. The van der Waals surface area contributed by atoms with Gasteiger partial charge < -0.3 is 15.3 Å². The molecule has 0 aliphatic rings. The van der Waals surface area contributed by atoms with E-state index >= 15 is 0 Å². The van der Waals surface area contributed by atoms with Crippen molar-refractivity contribution in [2.24, 2.45) is 0 Å². The average molecular weight is 146 g/mol. The molecule has 0 saturated carbocycles. The highest BCUT2D eigenvalue weighted by atomic mass is 16.3. The Morgan fingerprint density at radius 1 is 0.900 bits per heavy atom. The number of rotatable bonds is 4.